The molecule has 0 aliphatic heterocycles. The van der Waals surface area contributed by atoms with E-state index in [1.807, 2.05) is 0 Å². The molecule has 0 aliphatic rings. The molecule has 0 N–H and O–H groups in total. The van der Waals surface area contributed by atoms with Gasteiger partial charge in [-0.15, -0.1) is 0 Å². The van der Waals surface area contributed by atoms with Crippen LogP contribution in [-0.2, 0) is 0 Å². The van der Waals surface area contributed by atoms with E-state index in [4.69, 9.17) is 0 Å². The summed E-state index contributed by atoms with van der Waals surface area (Å²) in [5.74, 6) is 1.95. The molecular weight excluding hydrogens is 315 g/mol. The minimum absolute atomic E-state index is 0.0130. The first kappa shape index (κ1) is 15.7. The Kier molecular flexibility index (Phi) is 6.16. The SMILES string of the molecule is [Li][Te]c1c(C(C)C)cc(C(C)C)cc1C(C)C. The Balaban J connectivity index is 3.46. The van der Waals surface area contributed by atoms with E-state index >= 15 is 0 Å². The summed E-state index contributed by atoms with van der Waals surface area (Å²) in [6.45, 7) is 13.9. The maximum atomic E-state index is 2.46. The molecule has 0 spiro atoms. The summed E-state index contributed by atoms with van der Waals surface area (Å²) >= 11 is 2.40. The molecule has 0 fully saturated rings. The second-order valence-corrected chi connectivity index (χ2v) is 8.03. The molecule has 0 nitrogen and oxygen atoms in total. The fraction of sp³-hybridized carbons (Fsp3) is 0.600. The molecule has 1 aromatic rings. The Morgan fingerprint density at radius 3 is 1.47 bits per heavy atom. The van der Waals surface area contributed by atoms with Crippen LogP contribution in [0.3, 0.4) is 0 Å². The summed E-state index contributed by atoms with van der Waals surface area (Å²) < 4.78 is 1.71. The molecule has 2 heteroatoms. The number of hydrogen-bond acceptors (Lipinski definition) is 0. The third-order valence-corrected chi connectivity index (χ3v) is 5.79. The van der Waals surface area contributed by atoms with Gasteiger partial charge in [0, 0.05) is 0 Å². The molecule has 0 radical (unpaired) electrons. The number of rotatable bonds is 4. The van der Waals surface area contributed by atoms with Crippen LogP contribution in [0.25, 0.3) is 0 Å². The monoisotopic (exact) mass is 340 g/mol. The van der Waals surface area contributed by atoms with Crippen molar-refractivity contribution < 1.29 is 0 Å². The van der Waals surface area contributed by atoms with Gasteiger partial charge in [-0.25, -0.2) is 0 Å². The fourth-order valence-corrected chi connectivity index (χ4v) is 5.15. The van der Waals surface area contributed by atoms with Crippen LogP contribution in [0, 0.1) is 0 Å². The van der Waals surface area contributed by atoms with Gasteiger partial charge in [0.25, 0.3) is 0 Å². The first-order valence-corrected chi connectivity index (χ1v) is 10.1. The summed E-state index contributed by atoms with van der Waals surface area (Å²) in [4.78, 5) is 0. The van der Waals surface area contributed by atoms with Crippen LogP contribution >= 0.6 is 0 Å². The van der Waals surface area contributed by atoms with Crippen LogP contribution in [-0.4, -0.2) is 32.6 Å². The van der Waals surface area contributed by atoms with Crippen molar-refractivity contribution in [3.05, 3.63) is 28.8 Å². The molecule has 17 heavy (non-hydrogen) atoms. The average Bonchev–Trinajstić information content (AvgIpc) is 2.26. The van der Waals surface area contributed by atoms with Gasteiger partial charge in [-0.3, -0.25) is 0 Å². The Morgan fingerprint density at radius 1 is 0.824 bits per heavy atom. The molecule has 90 valence electrons. The topological polar surface area (TPSA) is 0 Å². The van der Waals surface area contributed by atoms with E-state index in [1.54, 1.807) is 14.7 Å². The number of benzene rings is 1. The van der Waals surface area contributed by atoms with E-state index in [0.29, 0.717) is 17.8 Å². The van der Waals surface area contributed by atoms with Crippen molar-refractivity contribution in [2.45, 2.75) is 59.3 Å². The van der Waals surface area contributed by atoms with Crippen molar-refractivity contribution in [1.29, 1.82) is 0 Å². The van der Waals surface area contributed by atoms with Crippen molar-refractivity contribution >= 4 is 36.2 Å². The standard InChI is InChI=1S/C15H24Te.Li/c1-9(2)12-7-13(10(3)4)15(16)14(8-12)11(5)6;/h7-11,16H,1-6H3;/q;+1/p-1. The second kappa shape index (κ2) is 6.68. The Morgan fingerprint density at radius 2 is 1.24 bits per heavy atom. The summed E-state index contributed by atoms with van der Waals surface area (Å²) in [6.07, 6.45) is 0. The molecule has 0 unspecified atom stereocenters. The van der Waals surface area contributed by atoms with Crippen LogP contribution in [0.1, 0.15) is 76.0 Å². The van der Waals surface area contributed by atoms with E-state index < -0.39 is 0 Å². The van der Waals surface area contributed by atoms with Crippen LogP contribution in [0.15, 0.2) is 12.1 Å². The first-order valence-electron chi connectivity index (χ1n) is 6.60. The quantitative estimate of drug-likeness (QED) is 0.738. The summed E-state index contributed by atoms with van der Waals surface area (Å²) in [5, 5.41) is 0. The van der Waals surface area contributed by atoms with E-state index in [2.05, 4.69) is 68.0 Å². The third kappa shape index (κ3) is 3.78. The van der Waals surface area contributed by atoms with E-state index in [1.165, 1.54) is 5.56 Å². The molecule has 0 aliphatic carbocycles. The van der Waals surface area contributed by atoms with Crippen molar-refractivity contribution in [2.24, 2.45) is 0 Å². The van der Waals surface area contributed by atoms with Gasteiger partial charge in [0.15, 0.2) is 0 Å². The Labute approximate surface area is 123 Å². The molecule has 0 heterocycles. The summed E-state index contributed by atoms with van der Waals surface area (Å²) in [5.41, 5.74) is 4.75. The summed E-state index contributed by atoms with van der Waals surface area (Å²) in [7, 11) is 0. The third-order valence-electron chi connectivity index (χ3n) is 3.28. The minimum atomic E-state index is -0.0130. The maximum absolute atomic E-state index is 2.46. The van der Waals surface area contributed by atoms with E-state index in [-0.39, 0.29) is 18.3 Å². The average molecular weight is 338 g/mol. The Hall–Kier alpha value is 0.607. The molecule has 0 saturated carbocycles. The van der Waals surface area contributed by atoms with Crippen molar-refractivity contribution in [3.63, 3.8) is 0 Å². The Bertz CT molecular complexity index is 352. The molecule has 0 amide bonds. The molecule has 0 atom stereocenters. The van der Waals surface area contributed by atoms with Crippen molar-refractivity contribution in [3.8, 4) is 0 Å². The van der Waals surface area contributed by atoms with Gasteiger partial charge in [-0.2, -0.15) is 0 Å². The number of hydrogen-bond donors (Lipinski definition) is 0. The molecule has 1 rings (SSSR count). The second-order valence-electron chi connectivity index (χ2n) is 5.70. The van der Waals surface area contributed by atoms with Gasteiger partial charge in [-0.05, 0) is 0 Å². The van der Waals surface area contributed by atoms with Gasteiger partial charge >= 0.3 is 124 Å². The molecule has 1 aromatic carbocycles. The normalized spacial score (nSPS) is 11.9. The van der Waals surface area contributed by atoms with Gasteiger partial charge in [0.1, 0.15) is 0 Å². The molecule has 0 bridgehead atoms. The van der Waals surface area contributed by atoms with Crippen molar-refractivity contribution in [2.75, 3.05) is 0 Å². The van der Waals surface area contributed by atoms with Gasteiger partial charge in [0.2, 0.25) is 0 Å². The first-order chi connectivity index (χ1) is 7.88. The van der Waals surface area contributed by atoms with Crippen LogP contribution < -0.4 is 3.61 Å². The fourth-order valence-electron chi connectivity index (χ4n) is 2.13. The van der Waals surface area contributed by atoms with Crippen LogP contribution in [0.4, 0.5) is 0 Å². The van der Waals surface area contributed by atoms with Gasteiger partial charge in [0.05, 0.1) is 0 Å². The van der Waals surface area contributed by atoms with E-state index in [0.717, 1.165) is 0 Å². The van der Waals surface area contributed by atoms with E-state index in [9.17, 15) is 0 Å². The predicted molar refractivity (Wildman–Crippen MR) is 79.9 cm³/mol. The zero-order chi connectivity index (χ0) is 13.2. The molecule has 0 saturated heterocycles. The van der Waals surface area contributed by atoms with Crippen molar-refractivity contribution in [1.82, 2.24) is 0 Å². The van der Waals surface area contributed by atoms with Crippen LogP contribution in [0.2, 0.25) is 0 Å². The zero-order valence-corrected chi connectivity index (χ0v) is 14.6. The van der Waals surface area contributed by atoms with Crippen LogP contribution in [0.5, 0.6) is 0 Å². The molecular formula is C15H23LiTe. The van der Waals surface area contributed by atoms with Gasteiger partial charge in [-0.1, -0.05) is 0 Å². The molecule has 0 aromatic heterocycles. The zero-order valence-electron chi connectivity index (χ0n) is 12.3. The summed E-state index contributed by atoms with van der Waals surface area (Å²) in [6, 6.07) is 4.93. The predicted octanol–water partition coefficient (Wildman–Crippen LogP) is 3.47. The van der Waals surface area contributed by atoms with Gasteiger partial charge < -0.3 is 0 Å².